The predicted octanol–water partition coefficient (Wildman–Crippen LogP) is 2.63. The van der Waals surface area contributed by atoms with Crippen molar-refractivity contribution in [2.45, 2.75) is 50.4 Å². The SMILES string of the molecule is O=C(CN1CCCCC[C@H]1C[C@H](O)c1ccco1)NCC(F)(F)F. The summed E-state index contributed by atoms with van der Waals surface area (Å²) in [6.45, 7) is -0.778. The zero-order chi connectivity index (χ0) is 17.6. The average Bonchev–Trinajstić information content (AvgIpc) is 2.96. The number of halogens is 3. The minimum absolute atomic E-state index is 0.0655. The van der Waals surface area contributed by atoms with Gasteiger partial charge >= 0.3 is 6.18 Å². The number of alkyl halides is 3. The standard InChI is InChI=1S/C16H23F3N2O3/c17-16(18,19)11-20-15(23)10-21-7-3-1-2-5-12(21)9-13(22)14-6-4-8-24-14/h4,6,8,12-13,22H,1-3,5,7,9-11H2,(H,20,23)/t12-,13-/m0/s1. The van der Waals surface area contributed by atoms with E-state index in [-0.39, 0.29) is 12.6 Å². The predicted molar refractivity (Wildman–Crippen MR) is 81.2 cm³/mol. The Morgan fingerprint density at radius 3 is 2.88 bits per heavy atom. The molecule has 8 heteroatoms. The van der Waals surface area contributed by atoms with Crippen LogP contribution in [0, 0.1) is 0 Å². The molecule has 2 atom stereocenters. The van der Waals surface area contributed by atoms with Crippen LogP contribution in [0.1, 0.15) is 44.0 Å². The monoisotopic (exact) mass is 348 g/mol. The first-order chi connectivity index (χ1) is 11.3. The van der Waals surface area contributed by atoms with E-state index in [1.54, 1.807) is 12.1 Å². The number of aliphatic hydroxyl groups is 1. The van der Waals surface area contributed by atoms with E-state index >= 15 is 0 Å². The molecule has 1 saturated heterocycles. The first-order valence-electron chi connectivity index (χ1n) is 8.14. The van der Waals surface area contributed by atoms with Crippen molar-refractivity contribution in [3.05, 3.63) is 24.2 Å². The third kappa shape index (κ3) is 6.16. The number of carbonyl (C=O) groups excluding carboxylic acids is 1. The third-order valence-corrected chi connectivity index (χ3v) is 4.20. The molecule has 0 unspecified atom stereocenters. The fourth-order valence-electron chi connectivity index (χ4n) is 3.01. The van der Waals surface area contributed by atoms with Gasteiger partial charge in [0.1, 0.15) is 18.4 Å². The normalized spacial score (nSPS) is 21.2. The maximum Gasteiger partial charge on any atom is 0.405 e. The van der Waals surface area contributed by atoms with E-state index in [9.17, 15) is 23.1 Å². The van der Waals surface area contributed by atoms with E-state index in [2.05, 4.69) is 0 Å². The lowest BCUT2D eigenvalue weighted by Crippen LogP contribution is -2.45. The highest BCUT2D eigenvalue weighted by atomic mass is 19.4. The molecule has 1 aliphatic rings. The Kier molecular flexibility index (Phi) is 6.68. The Balaban J connectivity index is 1.92. The van der Waals surface area contributed by atoms with Gasteiger partial charge < -0.3 is 14.8 Å². The van der Waals surface area contributed by atoms with E-state index in [1.807, 2.05) is 10.2 Å². The van der Waals surface area contributed by atoms with Crippen molar-refractivity contribution < 1.29 is 27.5 Å². The minimum atomic E-state index is -4.41. The molecular formula is C16H23F3N2O3. The average molecular weight is 348 g/mol. The number of nitrogens with zero attached hydrogens (tertiary/aromatic N) is 1. The lowest BCUT2D eigenvalue weighted by Gasteiger charge is -2.30. The number of furan rings is 1. The summed E-state index contributed by atoms with van der Waals surface area (Å²) in [6, 6.07) is 3.31. The zero-order valence-corrected chi connectivity index (χ0v) is 13.4. The van der Waals surface area contributed by atoms with Gasteiger partial charge in [-0.2, -0.15) is 13.2 Å². The highest BCUT2D eigenvalue weighted by Crippen LogP contribution is 2.26. The second-order valence-corrected chi connectivity index (χ2v) is 6.13. The van der Waals surface area contributed by atoms with Gasteiger partial charge in [-0.3, -0.25) is 9.69 Å². The van der Waals surface area contributed by atoms with Gasteiger partial charge in [0.25, 0.3) is 0 Å². The number of likely N-dealkylation sites (tertiary alicyclic amines) is 1. The summed E-state index contributed by atoms with van der Waals surface area (Å²) in [7, 11) is 0. The van der Waals surface area contributed by atoms with Gasteiger partial charge in [0.2, 0.25) is 5.91 Å². The van der Waals surface area contributed by atoms with Crippen LogP contribution in [0.5, 0.6) is 0 Å². The van der Waals surface area contributed by atoms with Crippen LogP contribution in [0.4, 0.5) is 13.2 Å². The molecule has 1 amide bonds. The third-order valence-electron chi connectivity index (χ3n) is 4.20. The van der Waals surface area contributed by atoms with Crippen LogP contribution < -0.4 is 5.32 Å². The molecule has 0 spiro atoms. The number of aliphatic hydroxyl groups excluding tert-OH is 1. The Bertz CT molecular complexity index is 505. The molecule has 0 radical (unpaired) electrons. The van der Waals surface area contributed by atoms with Crippen LogP contribution in [0.15, 0.2) is 22.8 Å². The topological polar surface area (TPSA) is 65.7 Å². The largest absolute Gasteiger partial charge is 0.467 e. The summed E-state index contributed by atoms with van der Waals surface area (Å²) < 4.78 is 41.8. The maximum absolute atomic E-state index is 12.2. The second-order valence-electron chi connectivity index (χ2n) is 6.13. The Labute approximate surface area is 138 Å². The fraction of sp³-hybridized carbons (Fsp3) is 0.688. The van der Waals surface area contributed by atoms with Crippen molar-refractivity contribution in [3.63, 3.8) is 0 Å². The van der Waals surface area contributed by atoms with Crippen LogP contribution in [0.3, 0.4) is 0 Å². The van der Waals surface area contributed by atoms with E-state index in [0.29, 0.717) is 18.7 Å². The van der Waals surface area contributed by atoms with E-state index in [0.717, 1.165) is 25.7 Å². The molecule has 2 N–H and O–H groups in total. The van der Waals surface area contributed by atoms with E-state index < -0.39 is 24.7 Å². The smallest absolute Gasteiger partial charge is 0.405 e. The first kappa shape index (κ1) is 18.8. The molecule has 1 aliphatic heterocycles. The van der Waals surface area contributed by atoms with Crippen LogP contribution in [-0.2, 0) is 4.79 Å². The van der Waals surface area contributed by atoms with E-state index in [1.165, 1.54) is 6.26 Å². The second kappa shape index (κ2) is 8.53. The molecular weight excluding hydrogens is 325 g/mol. The molecule has 0 aliphatic carbocycles. The Morgan fingerprint density at radius 1 is 1.42 bits per heavy atom. The number of amides is 1. The maximum atomic E-state index is 12.2. The number of hydrogen-bond acceptors (Lipinski definition) is 4. The van der Waals surface area contributed by atoms with Crippen molar-refractivity contribution in [2.75, 3.05) is 19.6 Å². The molecule has 2 heterocycles. The Hall–Kier alpha value is -1.54. The van der Waals surface area contributed by atoms with E-state index in [4.69, 9.17) is 4.42 Å². The highest BCUT2D eigenvalue weighted by molar-refractivity contribution is 5.78. The Morgan fingerprint density at radius 2 is 2.21 bits per heavy atom. The minimum Gasteiger partial charge on any atom is -0.467 e. The quantitative estimate of drug-likeness (QED) is 0.829. The van der Waals surface area contributed by atoms with Crippen molar-refractivity contribution in [1.29, 1.82) is 0 Å². The van der Waals surface area contributed by atoms with Gasteiger partial charge in [-0.1, -0.05) is 12.8 Å². The fourth-order valence-corrected chi connectivity index (χ4v) is 3.01. The van der Waals surface area contributed by atoms with Gasteiger partial charge in [0, 0.05) is 6.04 Å². The molecule has 1 aromatic rings. The molecule has 136 valence electrons. The summed E-state index contributed by atoms with van der Waals surface area (Å²) >= 11 is 0. The molecule has 1 aromatic heterocycles. The van der Waals surface area contributed by atoms with Crippen LogP contribution in [0.2, 0.25) is 0 Å². The number of rotatable bonds is 6. The van der Waals surface area contributed by atoms with Crippen molar-refractivity contribution >= 4 is 5.91 Å². The molecule has 0 bridgehead atoms. The van der Waals surface area contributed by atoms with Gasteiger partial charge in [-0.25, -0.2) is 0 Å². The first-order valence-corrected chi connectivity index (χ1v) is 8.14. The summed E-state index contributed by atoms with van der Waals surface area (Å²) in [5.74, 6) is -0.188. The van der Waals surface area contributed by atoms with Gasteiger partial charge in [0.05, 0.1) is 12.8 Å². The van der Waals surface area contributed by atoms with Crippen molar-refractivity contribution in [3.8, 4) is 0 Å². The van der Waals surface area contributed by atoms with Gasteiger partial charge in [0.15, 0.2) is 0 Å². The summed E-state index contributed by atoms with van der Waals surface area (Å²) in [6.07, 6.45) is 0.329. The van der Waals surface area contributed by atoms with Crippen molar-refractivity contribution in [1.82, 2.24) is 10.2 Å². The lowest BCUT2D eigenvalue weighted by atomic mass is 10.0. The van der Waals surface area contributed by atoms with Crippen LogP contribution >= 0.6 is 0 Å². The van der Waals surface area contributed by atoms with Crippen LogP contribution in [0.25, 0.3) is 0 Å². The molecule has 5 nitrogen and oxygen atoms in total. The molecule has 1 fully saturated rings. The number of carbonyl (C=O) groups is 1. The van der Waals surface area contributed by atoms with Gasteiger partial charge in [-0.05, 0) is 37.9 Å². The molecule has 2 rings (SSSR count). The van der Waals surface area contributed by atoms with Crippen molar-refractivity contribution in [2.24, 2.45) is 0 Å². The number of nitrogens with one attached hydrogen (secondary N) is 1. The molecule has 24 heavy (non-hydrogen) atoms. The lowest BCUT2D eigenvalue weighted by molar-refractivity contribution is -0.139. The summed E-state index contributed by atoms with van der Waals surface area (Å²) in [5.41, 5.74) is 0. The number of hydrogen-bond donors (Lipinski definition) is 2. The zero-order valence-electron chi connectivity index (χ0n) is 13.4. The molecule has 0 saturated carbocycles. The molecule has 0 aromatic carbocycles. The van der Waals surface area contributed by atoms with Crippen LogP contribution in [-0.4, -0.2) is 47.8 Å². The highest BCUT2D eigenvalue weighted by Gasteiger charge is 2.30. The summed E-state index contributed by atoms with van der Waals surface area (Å²) in [4.78, 5) is 13.7. The summed E-state index contributed by atoms with van der Waals surface area (Å²) in [5, 5.41) is 12.2. The van der Waals surface area contributed by atoms with Gasteiger partial charge in [-0.15, -0.1) is 0 Å².